The first-order valence-corrected chi connectivity index (χ1v) is 9.37. The van der Waals surface area contributed by atoms with Crippen LogP contribution in [0.5, 0.6) is 0 Å². The minimum atomic E-state index is -0.545. The van der Waals surface area contributed by atoms with Crippen LogP contribution in [0.1, 0.15) is 29.7 Å². The highest BCUT2D eigenvalue weighted by molar-refractivity contribution is 5.22. The number of furan rings is 1. The van der Waals surface area contributed by atoms with Crippen molar-refractivity contribution in [2.45, 2.75) is 45.1 Å². The van der Waals surface area contributed by atoms with Crippen LogP contribution in [0.4, 0.5) is 0 Å². The lowest BCUT2D eigenvalue weighted by atomic mass is 10.1. The van der Waals surface area contributed by atoms with E-state index in [0.29, 0.717) is 13.2 Å². The molecule has 5 heteroatoms. The fourth-order valence-corrected chi connectivity index (χ4v) is 3.39. The molecule has 0 amide bonds. The Morgan fingerprint density at radius 1 is 1.31 bits per heavy atom. The van der Waals surface area contributed by atoms with Gasteiger partial charge in [-0.15, -0.1) is 0 Å². The van der Waals surface area contributed by atoms with Crippen LogP contribution in [0.25, 0.3) is 0 Å². The lowest BCUT2D eigenvalue weighted by molar-refractivity contribution is -0.00635. The fraction of sp³-hybridized carbons (Fsp3) is 0.524. The molecule has 1 saturated heterocycles. The maximum absolute atomic E-state index is 10.4. The molecule has 1 N–H and O–H groups in total. The molecule has 26 heavy (non-hydrogen) atoms. The largest absolute Gasteiger partial charge is 0.467 e. The minimum absolute atomic E-state index is 0.260. The maximum atomic E-state index is 10.4. The predicted molar refractivity (Wildman–Crippen MR) is 99.8 cm³/mol. The van der Waals surface area contributed by atoms with Gasteiger partial charge in [-0.2, -0.15) is 0 Å². The summed E-state index contributed by atoms with van der Waals surface area (Å²) in [6.07, 6.45) is 3.56. The van der Waals surface area contributed by atoms with E-state index in [4.69, 9.17) is 13.9 Å². The summed E-state index contributed by atoms with van der Waals surface area (Å²) in [6, 6.07) is 12.2. The van der Waals surface area contributed by atoms with Gasteiger partial charge < -0.3 is 19.0 Å². The molecule has 0 bridgehead atoms. The summed E-state index contributed by atoms with van der Waals surface area (Å²) in [5.41, 5.74) is 2.51. The summed E-state index contributed by atoms with van der Waals surface area (Å²) in [6.45, 7) is 5.82. The molecular formula is C21H29NO4. The quantitative estimate of drug-likeness (QED) is 0.706. The van der Waals surface area contributed by atoms with E-state index >= 15 is 0 Å². The average molecular weight is 359 g/mol. The molecule has 1 fully saturated rings. The standard InChI is InChI=1S/C21H29NO4/c1-17-5-2-6-18(11-17)12-22(14-20-7-3-9-25-20)13-19(23)15-24-16-21-8-4-10-26-21/h2,4-6,8,10-11,19-20,23H,3,7,9,12-16H2,1H3/t19-,20-/m1/s1. The molecule has 0 spiro atoms. The first-order valence-electron chi connectivity index (χ1n) is 9.37. The van der Waals surface area contributed by atoms with Crippen molar-refractivity contribution < 1.29 is 19.0 Å². The highest BCUT2D eigenvalue weighted by atomic mass is 16.5. The van der Waals surface area contributed by atoms with Crippen molar-refractivity contribution >= 4 is 0 Å². The Bertz CT molecular complexity index is 637. The zero-order chi connectivity index (χ0) is 18.2. The van der Waals surface area contributed by atoms with Crippen LogP contribution in [0.3, 0.4) is 0 Å². The van der Waals surface area contributed by atoms with Crippen LogP contribution < -0.4 is 0 Å². The molecule has 2 atom stereocenters. The number of rotatable bonds is 10. The number of hydrogen-bond donors (Lipinski definition) is 1. The molecule has 0 saturated carbocycles. The fourth-order valence-electron chi connectivity index (χ4n) is 3.39. The third-order valence-corrected chi connectivity index (χ3v) is 4.58. The zero-order valence-electron chi connectivity index (χ0n) is 15.5. The Morgan fingerprint density at radius 3 is 2.96 bits per heavy atom. The second-order valence-corrected chi connectivity index (χ2v) is 7.07. The number of aliphatic hydroxyl groups excluding tert-OH is 1. The highest BCUT2D eigenvalue weighted by Gasteiger charge is 2.21. The maximum Gasteiger partial charge on any atom is 0.129 e. The highest BCUT2D eigenvalue weighted by Crippen LogP contribution is 2.16. The van der Waals surface area contributed by atoms with Crippen molar-refractivity contribution in [2.24, 2.45) is 0 Å². The lowest BCUT2D eigenvalue weighted by Gasteiger charge is -2.27. The van der Waals surface area contributed by atoms with E-state index in [1.54, 1.807) is 6.26 Å². The van der Waals surface area contributed by atoms with Crippen LogP contribution in [0.2, 0.25) is 0 Å². The van der Waals surface area contributed by atoms with E-state index in [1.165, 1.54) is 11.1 Å². The van der Waals surface area contributed by atoms with Gasteiger partial charge in [0.2, 0.25) is 0 Å². The Morgan fingerprint density at radius 2 is 2.23 bits per heavy atom. The van der Waals surface area contributed by atoms with Crippen LogP contribution in [0.15, 0.2) is 47.1 Å². The van der Waals surface area contributed by atoms with Crippen molar-refractivity contribution in [2.75, 3.05) is 26.3 Å². The van der Waals surface area contributed by atoms with Crippen LogP contribution in [-0.4, -0.2) is 48.5 Å². The van der Waals surface area contributed by atoms with Gasteiger partial charge in [-0.05, 0) is 37.5 Å². The predicted octanol–water partition coefficient (Wildman–Crippen LogP) is 3.15. The minimum Gasteiger partial charge on any atom is -0.467 e. The van der Waals surface area contributed by atoms with Crippen molar-refractivity contribution in [3.8, 4) is 0 Å². The molecule has 142 valence electrons. The van der Waals surface area contributed by atoms with Crippen molar-refractivity contribution in [3.63, 3.8) is 0 Å². The summed E-state index contributed by atoms with van der Waals surface area (Å²) in [4.78, 5) is 2.27. The second kappa shape index (κ2) is 9.88. The van der Waals surface area contributed by atoms with Gasteiger partial charge in [-0.25, -0.2) is 0 Å². The third-order valence-electron chi connectivity index (χ3n) is 4.58. The molecule has 1 aromatic carbocycles. The molecule has 0 radical (unpaired) electrons. The summed E-state index contributed by atoms with van der Waals surface area (Å²) in [5, 5.41) is 10.4. The Hall–Kier alpha value is -1.66. The van der Waals surface area contributed by atoms with Crippen molar-refractivity contribution in [1.82, 2.24) is 4.90 Å². The molecule has 0 aliphatic carbocycles. The zero-order valence-corrected chi connectivity index (χ0v) is 15.5. The summed E-state index contributed by atoms with van der Waals surface area (Å²) in [7, 11) is 0. The topological polar surface area (TPSA) is 55.1 Å². The monoisotopic (exact) mass is 359 g/mol. The van der Waals surface area contributed by atoms with Gasteiger partial charge in [0.05, 0.1) is 25.1 Å². The van der Waals surface area contributed by atoms with Crippen molar-refractivity contribution in [1.29, 1.82) is 0 Å². The summed E-state index contributed by atoms with van der Waals surface area (Å²) < 4.78 is 16.6. The molecule has 2 aromatic rings. The first-order chi connectivity index (χ1) is 12.7. The first kappa shape index (κ1) is 19.1. The van der Waals surface area contributed by atoms with Gasteiger partial charge in [-0.1, -0.05) is 29.8 Å². The van der Waals surface area contributed by atoms with E-state index < -0.39 is 6.10 Å². The van der Waals surface area contributed by atoms with Crippen molar-refractivity contribution in [3.05, 3.63) is 59.5 Å². The van der Waals surface area contributed by atoms with E-state index in [0.717, 1.165) is 38.3 Å². The molecule has 1 aromatic heterocycles. The molecule has 2 heterocycles. The number of ether oxygens (including phenoxy) is 2. The summed E-state index contributed by atoms with van der Waals surface area (Å²) in [5.74, 6) is 0.771. The number of nitrogens with zero attached hydrogens (tertiary/aromatic N) is 1. The SMILES string of the molecule is Cc1cccc(CN(C[C@@H](O)COCc2ccco2)C[C@H]2CCCO2)c1. The smallest absolute Gasteiger partial charge is 0.129 e. The molecule has 5 nitrogen and oxygen atoms in total. The van der Waals surface area contributed by atoms with Gasteiger partial charge in [-0.3, -0.25) is 4.90 Å². The Labute approximate surface area is 155 Å². The molecule has 0 unspecified atom stereocenters. The normalized spacial score (nSPS) is 18.5. The molecule has 1 aliphatic rings. The van der Waals surface area contributed by atoms with Crippen LogP contribution >= 0.6 is 0 Å². The lowest BCUT2D eigenvalue weighted by Crippen LogP contribution is -2.39. The van der Waals surface area contributed by atoms with Crippen LogP contribution in [0, 0.1) is 6.92 Å². The Balaban J connectivity index is 1.51. The molecule has 1 aliphatic heterocycles. The van der Waals surface area contributed by atoms with E-state index in [2.05, 4.69) is 36.1 Å². The van der Waals surface area contributed by atoms with Gasteiger partial charge in [0, 0.05) is 26.2 Å². The van der Waals surface area contributed by atoms with Gasteiger partial charge in [0.25, 0.3) is 0 Å². The van der Waals surface area contributed by atoms with E-state index in [-0.39, 0.29) is 12.7 Å². The molecule has 3 rings (SSSR count). The average Bonchev–Trinajstić information content (AvgIpc) is 3.28. The van der Waals surface area contributed by atoms with Crippen LogP contribution in [-0.2, 0) is 22.6 Å². The number of benzene rings is 1. The van der Waals surface area contributed by atoms with E-state index in [9.17, 15) is 5.11 Å². The van der Waals surface area contributed by atoms with Gasteiger partial charge in [0.1, 0.15) is 12.4 Å². The van der Waals surface area contributed by atoms with E-state index in [1.807, 2.05) is 12.1 Å². The van der Waals surface area contributed by atoms with Gasteiger partial charge >= 0.3 is 0 Å². The van der Waals surface area contributed by atoms with Gasteiger partial charge in [0.15, 0.2) is 0 Å². The number of aryl methyl sites for hydroxylation is 1. The Kier molecular flexibility index (Phi) is 7.26. The second-order valence-electron chi connectivity index (χ2n) is 7.07. The summed E-state index contributed by atoms with van der Waals surface area (Å²) >= 11 is 0. The number of aliphatic hydroxyl groups is 1. The third kappa shape index (κ3) is 6.25. The molecular weight excluding hydrogens is 330 g/mol. The number of hydrogen-bond acceptors (Lipinski definition) is 5.